The van der Waals surface area contributed by atoms with Gasteiger partial charge in [0.25, 0.3) is 0 Å². The van der Waals surface area contributed by atoms with E-state index in [4.69, 9.17) is 15.0 Å². The summed E-state index contributed by atoms with van der Waals surface area (Å²) in [5, 5.41) is 12.1. The number of benzene rings is 11. The van der Waals surface area contributed by atoms with E-state index in [-0.39, 0.29) is 0 Å². The second kappa shape index (κ2) is 15.2. The molecule has 11 aromatic carbocycles. The van der Waals surface area contributed by atoms with Crippen molar-refractivity contribution < 1.29 is 0 Å². The fraction of sp³-hybridized carbons (Fsp3) is 0. The number of hydrogen-bond donors (Lipinski definition) is 0. The Kier molecular flexibility index (Phi) is 8.71. The van der Waals surface area contributed by atoms with Crippen LogP contribution in [0, 0.1) is 0 Å². The van der Waals surface area contributed by atoms with E-state index in [9.17, 15) is 0 Å². The number of rotatable bonds is 6. The van der Waals surface area contributed by atoms with Crippen LogP contribution in [0.25, 0.3) is 131 Å². The van der Waals surface area contributed by atoms with Gasteiger partial charge in [0.05, 0.1) is 0 Å². The van der Waals surface area contributed by atoms with E-state index in [1.54, 1.807) is 0 Å². The SMILES string of the molecule is c1ccc(-c2cc(-c3ccc4c(ccc5ccc6sc7ccc(-c8nc(-c9ccccc9)nc(-c9cccc%10ccccc9%10)n8)cc7c6c54)c3)cc(-c3cccc4ccccc34)c2)cc1. The molecule has 2 heterocycles. The van der Waals surface area contributed by atoms with Crippen LogP contribution in [0.5, 0.6) is 0 Å². The highest BCUT2D eigenvalue weighted by molar-refractivity contribution is 7.26. The molecule has 0 aliphatic heterocycles. The molecule has 2 aromatic heterocycles. The zero-order chi connectivity index (χ0) is 42.8. The first-order valence-electron chi connectivity index (χ1n) is 22.0. The molecular formula is C61H37N3S. The van der Waals surface area contributed by atoms with Crippen molar-refractivity contribution in [3.05, 3.63) is 224 Å². The maximum absolute atomic E-state index is 5.22. The van der Waals surface area contributed by atoms with Crippen molar-refractivity contribution in [2.24, 2.45) is 0 Å². The molecule has 0 radical (unpaired) electrons. The van der Waals surface area contributed by atoms with Gasteiger partial charge in [-0.2, -0.15) is 0 Å². The molecule has 0 bridgehead atoms. The zero-order valence-electron chi connectivity index (χ0n) is 35.1. The Balaban J connectivity index is 0.982. The third-order valence-corrected chi connectivity index (χ3v) is 14.0. The average Bonchev–Trinajstić information content (AvgIpc) is 3.76. The first-order chi connectivity index (χ1) is 32.2. The molecule has 13 aromatic rings. The van der Waals surface area contributed by atoms with Gasteiger partial charge in [-0.1, -0.05) is 176 Å². The molecule has 0 aliphatic carbocycles. The van der Waals surface area contributed by atoms with E-state index in [0.29, 0.717) is 17.5 Å². The second-order valence-corrected chi connectivity index (χ2v) is 17.8. The fourth-order valence-electron chi connectivity index (χ4n) is 9.73. The van der Waals surface area contributed by atoms with Crippen LogP contribution < -0.4 is 0 Å². The molecule has 0 saturated heterocycles. The van der Waals surface area contributed by atoms with Gasteiger partial charge in [0.1, 0.15) is 0 Å². The van der Waals surface area contributed by atoms with Crippen LogP contribution in [0.1, 0.15) is 0 Å². The highest BCUT2D eigenvalue weighted by atomic mass is 32.1. The van der Waals surface area contributed by atoms with Crippen molar-refractivity contribution in [2.45, 2.75) is 0 Å². The molecule has 0 aliphatic rings. The number of aromatic nitrogens is 3. The number of hydrogen-bond acceptors (Lipinski definition) is 4. The van der Waals surface area contributed by atoms with Crippen molar-refractivity contribution in [2.75, 3.05) is 0 Å². The molecule has 4 heteroatoms. The van der Waals surface area contributed by atoms with Crippen LogP contribution in [0.4, 0.5) is 0 Å². The molecule has 65 heavy (non-hydrogen) atoms. The average molecular weight is 844 g/mol. The molecular weight excluding hydrogens is 807 g/mol. The third kappa shape index (κ3) is 6.46. The van der Waals surface area contributed by atoms with Gasteiger partial charge in [0, 0.05) is 36.9 Å². The summed E-state index contributed by atoms with van der Waals surface area (Å²) < 4.78 is 2.49. The van der Waals surface area contributed by atoms with E-state index in [1.165, 1.54) is 85.9 Å². The Labute approximate surface area is 379 Å². The van der Waals surface area contributed by atoms with Crippen LogP contribution >= 0.6 is 11.3 Å². The quantitative estimate of drug-likeness (QED) is 0.157. The summed E-state index contributed by atoms with van der Waals surface area (Å²) in [4.78, 5) is 15.5. The van der Waals surface area contributed by atoms with Crippen LogP contribution in [-0.4, -0.2) is 15.0 Å². The van der Waals surface area contributed by atoms with Crippen molar-refractivity contribution in [3.63, 3.8) is 0 Å². The van der Waals surface area contributed by atoms with Gasteiger partial charge in [0.2, 0.25) is 0 Å². The number of thiophene rings is 1. The van der Waals surface area contributed by atoms with Crippen molar-refractivity contribution in [1.29, 1.82) is 0 Å². The topological polar surface area (TPSA) is 38.7 Å². The Hall–Kier alpha value is -8.31. The number of nitrogens with zero attached hydrogens (tertiary/aromatic N) is 3. The fourth-order valence-corrected chi connectivity index (χ4v) is 10.8. The molecule has 0 amide bonds. The van der Waals surface area contributed by atoms with Crippen molar-refractivity contribution in [3.8, 4) is 67.5 Å². The lowest BCUT2D eigenvalue weighted by Crippen LogP contribution is -2.00. The molecule has 0 atom stereocenters. The first kappa shape index (κ1) is 37.3. The first-order valence-corrected chi connectivity index (χ1v) is 22.8. The Morgan fingerprint density at radius 3 is 1.57 bits per heavy atom. The summed E-state index contributed by atoms with van der Waals surface area (Å²) in [6, 6.07) is 80.8. The van der Waals surface area contributed by atoms with Gasteiger partial charge in [-0.05, 0) is 125 Å². The van der Waals surface area contributed by atoms with E-state index >= 15 is 0 Å². The summed E-state index contributed by atoms with van der Waals surface area (Å²) in [6.07, 6.45) is 0. The van der Waals surface area contributed by atoms with E-state index in [1.807, 2.05) is 29.5 Å². The van der Waals surface area contributed by atoms with Gasteiger partial charge < -0.3 is 0 Å². The minimum Gasteiger partial charge on any atom is -0.208 e. The third-order valence-electron chi connectivity index (χ3n) is 12.9. The summed E-state index contributed by atoms with van der Waals surface area (Å²) >= 11 is 1.84. The monoisotopic (exact) mass is 843 g/mol. The van der Waals surface area contributed by atoms with Crippen molar-refractivity contribution >= 4 is 74.6 Å². The minimum atomic E-state index is 0.651. The van der Waals surface area contributed by atoms with Gasteiger partial charge >= 0.3 is 0 Å². The lowest BCUT2D eigenvalue weighted by Gasteiger charge is -2.14. The van der Waals surface area contributed by atoms with Crippen LogP contribution in [0.2, 0.25) is 0 Å². The molecule has 0 spiro atoms. The maximum atomic E-state index is 5.22. The molecule has 0 fully saturated rings. The Bertz CT molecular complexity index is 3990. The summed E-state index contributed by atoms with van der Waals surface area (Å²) in [7, 11) is 0. The van der Waals surface area contributed by atoms with Gasteiger partial charge in [0.15, 0.2) is 17.5 Å². The van der Waals surface area contributed by atoms with Gasteiger partial charge in [-0.3, -0.25) is 0 Å². The van der Waals surface area contributed by atoms with Gasteiger partial charge in [-0.25, -0.2) is 15.0 Å². The van der Waals surface area contributed by atoms with E-state index in [0.717, 1.165) is 27.5 Å². The van der Waals surface area contributed by atoms with Crippen LogP contribution in [0.15, 0.2) is 224 Å². The number of fused-ring (bicyclic) bond motifs is 9. The minimum absolute atomic E-state index is 0.651. The van der Waals surface area contributed by atoms with E-state index in [2.05, 4.69) is 206 Å². The Morgan fingerprint density at radius 1 is 0.246 bits per heavy atom. The molecule has 302 valence electrons. The largest absolute Gasteiger partial charge is 0.208 e. The molecule has 3 nitrogen and oxygen atoms in total. The Morgan fingerprint density at radius 2 is 0.800 bits per heavy atom. The molecule has 13 rings (SSSR count). The summed E-state index contributed by atoms with van der Waals surface area (Å²) in [5.74, 6) is 1.96. The maximum Gasteiger partial charge on any atom is 0.164 e. The molecule has 0 N–H and O–H groups in total. The lowest BCUT2D eigenvalue weighted by atomic mass is 9.90. The predicted octanol–water partition coefficient (Wildman–Crippen LogP) is 16.9. The van der Waals surface area contributed by atoms with Crippen LogP contribution in [0.3, 0.4) is 0 Å². The molecule has 0 saturated carbocycles. The summed E-state index contributed by atoms with van der Waals surface area (Å²) in [6.45, 7) is 0. The second-order valence-electron chi connectivity index (χ2n) is 16.7. The van der Waals surface area contributed by atoms with Crippen molar-refractivity contribution in [1.82, 2.24) is 15.0 Å². The highest BCUT2D eigenvalue weighted by Gasteiger charge is 2.18. The molecule has 0 unspecified atom stereocenters. The smallest absolute Gasteiger partial charge is 0.164 e. The lowest BCUT2D eigenvalue weighted by molar-refractivity contribution is 1.08. The predicted molar refractivity (Wildman–Crippen MR) is 275 cm³/mol. The standard InChI is InChI=1S/C61H37N3S/c1-3-13-38(14-4-1)46-34-47(36-48(35-46)51-23-11-19-39-15-7-9-21-49(39)51)43-27-30-52-44(33-43)26-25-41-28-32-56-58(57(41)52)54-37-45(29-31-55(54)65-56)60-62-59(42-17-5-2-6-18-42)63-61(64-60)53-24-12-20-40-16-8-10-22-50(40)53/h1-37H. The highest BCUT2D eigenvalue weighted by Crippen LogP contribution is 2.44. The zero-order valence-corrected chi connectivity index (χ0v) is 35.9. The van der Waals surface area contributed by atoms with Gasteiger partial charge in [-0.15, -0.1) is 11.3 Å². The van der Waals surface area contributed by atoms with E-state index < -0.39 is 0 Å². The normalized spacial score (nSPS) is 11.7. The summed E-state index contributed by atoms with van der Waals surface area (Å²) in [5.41, 5.74) is 10.1. The van der Waals surface area contributed by atoms with Crippen LogP contribution in [-0.2, 0) is 0 Å².